The lowest BCUT2D eigenvalue weighted by atomic mass is 9.72. The SMILES string of the molecule is COC1CC(C=CC(=O)OC[C@H]2O[C@@H](OC3CC4C(O[C@@H]5O[C@H](COC(=O)CC(=O)O)[C@@H](O[C@@H]6O[C@H](CO)[C@@H](O)[C@H](O)[C@H]6O)[C@H](O)[C@H]5O)CC(O)CC4[OH+]C3C3CCC(O)CC3)[C@H](O[C@@H]3O[C@H](CO)[C@@H](O)[C@H](O)[C@H]3O)[C@@H](O)[C@@H]2O)CCC1O. The topological polar surface area (TPSA) is 489 Å². The summed E-state index contributed by atoms with van der Waals surface area (Å²) >= 11 is 0. The molecule has 0 amide bonds. The molecule has 5 heterocycles. The number of rotatable bonds is 20. The molecule has 83 heavy (non-hydrogen) atoms. The molecule has 5 saturated heterocycles. The van der Waals surface area contributed by atoms with Gasteiger partial charge in [0.1, 0.15) is 123 Å². The zero-order valence-corrected chi connectivity index (χ0v) is 45.5. The molecule has 29 atom stereocenters. The Morgan fingerprint density at radius 3 is 1.67 bits per heavy atom. The number of aliphatic hydroxyl groups is 17. The molecule has 5 aliphatic heterocycles. The number of hydrogen-bond donors (Lipinski definition) is 16. The van der Waals surface area contributed by atoms with Crippen LogP contribution in [0.5, 0.6) is 0 Å². The smallest absolute Gasteiger partial charge is 0.330 e. The van der Waals surface area contributed by atoms with Gasteiger partial charge in [0.05, 0.1) is 49.7 Å². The van der Waals surface area contributed by atoms with Crippen molar-refractivity contribution in [3.63, 3.8) is 0 Å². The van der Waals surface area contributed by atoms with Crippen LogP contribution in [0, 0.1) is 17.8 Å². The molecule has 31 heteroatoms. The van der Waals surface area contributed by atoms with Crippen molar-refractivity contribution in [3.8, 4) is 0 Å². The Morgan fingerprint density at radius 1 is 0.518 bits per heavy atom. The van der Waals surface area contributed by atoms with Crippen LogP contribution in [0.1, 0.15) is 70.6 Å². The third kappa shape index (κ3) is 15.7. The van der Waals surface area contributed by atoms with Gasteiger partial charge in [-0.25, -0.2) is 4.79 Å². The van der Waals surface area contributed by atoms with Crippen LogP contribution in [-0.2, 0) is 66.5 Å². The first-order chi connectivity index (χ1) is 39.5. The fraction of sp³-hybridized carbons (Fsp3) is 0.904. The largest absolute Gasteiger partial charge is 0.481 e. The van der Waals surface area contributed by atoms with Gasteiger partial charge in [-0.05, 0) is 57.3 Å². The molecule has 8 fully saturated rings. The van der Waals surface area contributed by atoms with E-state index in [4.69, 9.17) is 56.8 Å². The maximum absolute atomic E-state index is 13.1. The van der Waals surface area contributed by atoms with Gasteiger partial charge >= 0.3 is 17.9 Å². The predicted molar refractivity (Wildman–Crippen MR) is 267 cm³/mol. The summed E-state index contributed by atoms with van der Waals surface area (Å²) in [6.07, 6.45) is -38.7. The van der Waals surface area contributed by atoms with E-state index >= 15 is 0 Å². The van der Waals surface area contributed by atoms with Crippen LogP contribution in [0.25, 0.3) is 0 Å². The minimum atomic E-state index is -2.07. The van der Waals surface area contributed by atoms with Crippen LogP contribution < -0.4 is 0 Å². The average molecular weight is 1200 g/mol. The van der Waals surface area contributed by atoms with Gasteiger partial charge in [-0.3, -0.25) is 9.59 Å². The highest BCUT2D eigenvalue weighted by Crippen LogP contribution is 2.45. The lowest BCUT2D eigenvalue weighted by Gasteiger charge is -2.51. The molecule has 3 aliphatic carbocycles. The summed E-state index contributed by atoms with van der Waals surface area (Å²) in [4.78, 5) is 37.0. The second-order valence-corrected chi connectivity index (χ2v) is 23.0. The van der Waals surface area contributed by atoms with E-state index in [1.807, 2.05) is 0 Å². The Labute approximate surface area is 475 Å². The summed E-state index contributed by atoms with van der Waals surface area (Å²) in [5.74, 6) is -4.86. The zero-order valence-electron chi connectivity index (χ0n) is 45.5. The summed E-state index contributed by atoms with van der Waals surface area (Å²) < 4.78 is 69.8. The van der Waals surface area contributed by atoms with Crippen molar-refractivity contribution in [2.24, 2.45) is 17.8 Å². The average Bonchev–Trinajstić information content (AvgIpc) is 3.65. The molecule has 0 aromatic heterocycles. The van der Waals surface area contributed by atoms with Gasteiger partial charge in [0.2, 0.25) is 0 Å². The maximum Gasteiger partial charge on any atom is 0.330 e. The van der Waals surface area contributed by atoms with Crippen molar-refractivity contribution in [1.29, 1.82) is 0 Å². The van der Waals surface area contributed by atoms with E-state index in [0.717, 1.165) is 0 Å². The van der Waals surface area contributed by atoms with Gasteiger partial charge in [-0.15, -0.1) is 0 Å². The molecule has 17 N–H and O–H groups in total. The lowest BCUT2D eigenvalue weighted by Crippen LogP contribution is -2.66. The fourth-order valence-corrected chi connectivity index (χ4v) is 12.6. The van der Waals surface area contributed by atoms with Crippen LogP contribution in [0.4, 0.5) is 0 Å². The van der Waals surface area contributed by atoms with Gasteiger partial charge in [0.25, 0.3) is 0 Å². The lowest BCUT2D eigenvalue weighted by molar-refractivity contribution is -0.391. The molecule has 9 unspecified atom stereocenters. The van der Waals surface area contributed by atoms with Gasteiger partial charge < -0.3 is 139 Å². The minimum absolute atomic E-state index is 0.0302. The molecule has 0 radical (unpaired) electrons. The minimum Gasteiger partial charge on any atom is -0.481 e. The van der Waals surface area contributed by atoms with Gasteiger partial charge in [-0.2, -0.15) is 0 Å². The van der Waals surface area contributed by atoms with Crippen LogP contribution in [-0.4, -0.2) is 310 Å². The Hall–Kier alpha value is -2.85. The standard InChI is InChI=1S/C52H82O31/c1-72-27-10-19(2-8-24(27)57)3-9-34(60)73-17-31-38(64)41(67)48(83-51-44(70)40(66)37(63)30(16-54)79-51)52(80-31)77-28-13-23-25(75-46(28)20-4-6-21(55)7-5-20)11-22(56)12-26(23)76-49-45(71)42(68)47(32(81-49)18-74-35(61)14-33(58)59)82-50-43(69)39(65)36(62)29(15-53)78-50/h3,9,19-32,36-57,62-71H,2,4-8,10-18H2,1H3,(H,58,59)/p+1/t19?,20?,21?,22?,23?,24?,25?,26?,27?,28?,29-,30-,31-,32-,36-,37-,38-,39+,40+,41+,42-,43-,44-,45-,46?,47-,48-,49-,50+,51+,52-/m1/s1. The van der Waals surface area contributed by atoms with Crippen LogP contribution in [0.3, 0.4) is 0 Å². The summed E-state index contributed by atoms with van der Waals surface area (Å²) in [5, 5.41) is 172. The molecular weight excluding hydrogens is 1120 g/mol. The number of esters is 2. The van der Waals surface area contributed by atoms with E-state index in [1.54, 1.807) is 6.08 Å². The van der Waals surface area contributed by atoms with E-state index in [1.165, 1.54) is 13.2 Å². The maximum atomic E-state index is 13.1. The highest BCUT2D eigenvalue weighted by atomic mass is 16.8. The van der Waals surface area contributed by atoms with Crippen molar-refractivity contribution >= 4 is 17.9 Å². The van der Waals surface area contributed by atoms with E-state index in [9.17, 15) is 96.1 Å². The predicted octanol–water partition coefficient (Wildman–Crippen LogP) is -7.70. The fourth-order valence-electron chi connectivity index (χ4n) is 12.6. The van der Waals surface area contributed by atoms with E-state index < -0.39 is 228 Å². The number of carbonyl (C=O) groups is 3. The number of ether oxygens (including phenoxy) is 12. The quantitative estimate of drug-likeness (QED) is 0.0233. The molecule has 3 saturated carbocycles. The molecule has 0 aromatic carbocycles. The molecular formula is C52H83O31+. The van der Waals surface area contributed by atoms with E-state index in [-0.39, 0.29) is 31.1 Å². The monoisotopic (exact) mass is 1200 g/mol. The second kappa shape index (κ2) is 29.4. The normalized spacial score (nSPS) is 48.0. The zero-order chi connectivity index (χ0) is 60.1. The Morgan fingerprint density at radius 2 is 1.06 bits per heavy atom. The van der Waals surface area contributed by atoms with Crippen LogP contribution in [0.2, 0.25) is 0 Å². The van der Waals surface area contributed by atoms with Crippen molar-refractivity contribution in [3.05, 3.63) is 12.2 Å². The number of carboxylic acid groups (broad SMARTS) is 1. The number of allylic oxidation sites excluding steroid dienone is 1. The van der Waals surface area contributed by atoms with E-state index in [0.29, 0.717) is 44.9 Å². The molecule has 0 spiro atoms. The molecule has 31 nitrogen and oxygen atoms in total. The van der Waals surface area contributed by atoms with E-state index in [2.05, 4.69) is 0 Å². The first-order valence-corrected chi connectivity index (χ1v) is 28.3. The third-order valence-corrected chi connectivity index (χ3v) is 17.3. The number of carbonyl (C=O) groups excluding carboxylic acids is 2. The molecule has 0 aromatic rings. The van der Waals surface area contributed by atoms with Gasteiger partial charge in [0.15, 0.2) is 37.4 Å². The number of fused-ring (bicyclic) bond motifs is 1. The third-order valence-electron chi connectivity index (χ3n) is 17.3. The number of aliphatic hydroxyl groups excluding tert-OH is 15. The first-order valence-electron chi connectivity index (χ1n) is 28.3. The number of hydrogen-bond acceptors (Lipinski definition) is 29. The number of methoxy groups -OCH3 is 1. The number of aliphatic carboxylic acids is 1. The van der Waals surface area contributed by atoms with Crippen LogP contribution >= 0.6 is 0 Å². The Kier molecular flexibility index (Phi) is 23.4. The summed E-state index contributed by atoms with van der Waals surface area (Å²) in [5.41, 5.74) is 0. The first kappa shape index (κ1) is 66.1. The van der Waals surface area contributed by atoms with Crippen molar-refractivity contribution in [2.75, 3.05) is 33.5 Å². The molecule has 8 rings (SSSR count). The summed E-state index contributed by atoms with van der Waals surface area (Å²) in [6.45, 7) is -3.25. The van der Waals surface area contributed by atoms with Crippen molar-refractivity contribution in [1.82, 2.24) is 0 Å². The highest BCUT2D eigenvalue weighted by Gasteiger charge is 2.59. The molecule has 476 valence electrons. The Bertz CT molecular complexity index is 2100. The second-order valence-electron chi connectivity index (χ2n) is 23.0. The molecule has 8 aliphatic rings. The summed E-state index contributed by atoms with van der Waals surface area (Å²) in [7, 11) is 1.47. The van der Waals surface area contributed by atoms with Crippen molar-refractivity contribution in [2.45, 2.75) is 242 Å². The Balaban J connectivity index is 1.05. The molecule has 0 bridgehead atoms. The van der Waals surface area contributed by atoms with Gasteiger partial charge in [-0.1, -0.05) is 6.08 Å². The highest BCUT2D eigenvalue weighted by molar-refractivity contribution is 5.90. The van der Waals surface area contributed by atoms with Gasteiger partial charge in [0, 0.05) is 31.9 Å². The van der Waals surface area contributed by atoms with Crippen molar-refractivity contribution < 1.29 is 153 Å². The summed E-state index contributed by atoms with van der Waals surface area (Å²) in [6, 6.07) is 0. The van der Waals surface area contributed by atoms with Crippen LogP contribution in [0.15, 0.2) is 12.2 Å². The number of carboxylic acids is 1.